The largest absolute Gasteiger partial charge is 0.380 e. The van der Waals surface area contributed by atoms with Crippen molar-refractivity contribution >= 4 is 11.8 Å². The predicted octanol–water partition coefficient (Wildman–Crippen LogP) is 2.20. The summed E-state index contributed by atoms with van der Waals surface area (Å²) in [5, 5.41) is 0.404. The lowest BCUT2D eigenvalue weighted by Crippen LogP contribution is -2.40. The van der Waals surface area contributed by atoms with Crippen molar-refractivity contribution in [3.63, 3.8) is 0 Å². The minimum atomic E-state index is 0.269. The maximum atomic E-state index is 6.06. The second-order valence-electron chi connectivity index (χ2n) is 4.00. The molecule has 2 N–H and O–H groups in total. The molecule has 0 spiro atoms. The molecule has 2 unspecified atom stereocenters. The zero-order valence-corrected chi connectivity index (χ0v) is 9.80. The van der Waals surface area contributed by atoms with Crippen LogP contribution in [0.5, 0.6) is 0 Å². The van der Waals surface area contributed by atoms with E-state index in [1.54, 1.807) is 0 Å². The molecule has 0 bridgehead atoms. The van der Waals surface area contributed by atoms with Crippen LogP contribution in [0.4, 0.5) is 0 Å². The lowest BCUT2D eigenvalue weighted by molar-refractivity contribution is 0.0916. The van der Waals surface area contributed by atoms with Crippen LogP contribution in [0.2, 0.25) is 0 Å². The van der Waals surface area contributed by atoms with Gasteiger partial charge >= 0.3 is 0 Å². The van der Waals surface area contributed by atoms with E-state index in [-0.39, 0.29) is 6.04 Å². The van der Waals surface area contributed by atoms with Crippen LogP contribution in [0.25, 0.3) is 0 Å². The Hall–Kier alpha value is -0.510. The van der Waals surface area contributed by atoms with Crippen LogP contribution in [0, 0.1) is 6.92 Å². The molecule has 0 radical (unpaired) electrons. The van der Waals surface area contributed by atoms with Crippen molar-refractivity contribution in [1.29, 1.82) is 0 Å². The fraction of sp³-hybridized carbons (Fsp3) is 0.500. The Kier molecular flexibility index (Phi) is 3.67. The SMILES string of the molecule is Cc1ccc(SC2COCCC2N)cc1. The van der Waals surface area contributed by atoms with Gasteiger partial charge in [0.05, 0.1) is 6.61 Å². The molecule has 0 amide bonds. The third-order valence-corrected chi connectivity index (χ3v) is 4.00. The van der Waals surface area contributed by atoms with Gasteiger partial charge in [-0.2, -0.15) is 0 Å². The van der Waals surface area contributed by atoms with Gasteiger partial charge < -0.3 is 10.5 Å². The fourth-order valence-corrected chi connectivity index (χ4v) is 2.76. The Labute approximate surface area is 95.2 Å². The molecule has 1 aromatic rings. The Morgan fingerprint density at radius 2 is 2.07 bits per heavy atom. The van der Waals surface area contributed by atoms with E-state index in [4.69, 9.17) is 10.5 Å². The molecule has 0 saturated carbocycles. The monoisotopic (exact) mass is 223 g/mol. The highest BCUT2D eigenvalue weighted by Crippen LogP contribution is 2.28. The summed E-state index contributed by atoms with van der Waals surface area (Å²) in [4.78, 5) is 1.28. The van der Waals surface area contributed by atoms with Crippen LogP contribution in [-0.2, 0) is 4.74 Å². The molecule has 2 atom stereocenters. The van der Waals surface area contributed by atoms with Gasteiger partial charge in [-0.05, 0) is 25.5 Å². The van der Waals surface area contributed by atoms with E-state index in [9.17, 15) is 0 Å². The highest BCUT2D eigenvalue weighted by atomic mass is 32.2. The van der Waals surface area contributed by atoms with E-state index in [1.165, 1.54) is 10.5 Å². The minimum absolute atomic E-state index is 0.269. The number of hydrogen-bond acceptors (Lipinski definition) is 3. The minimum Gasteiger partial charge on any atom is -0.380 e. The van der Waals surface area contributed by atoms with Crippen LogP contribution in [0.15, 0.2) is 29.2 Å². The maximum absolute atomic E-state index is 6.06. The highest BCUT2D eigenvalue weighted by Gasteiger charge is 2.23. The van der Waals surface area contributed by atoms with Crippen LogP contribution >= 0.6 is 11.8 Å². The predicted molar refractivity (Wildman–Crippen MR) is 64.2 cm³/mol. The average molecular weight is 223 g/mol. The first kappa shape index (κ1) is 11.0. The van der Waals surface area contributed by atoms with Crippen molar-refractivity contribution in [2.45, 2.75) is 29.5 Å². The highest BCUT2D eigenvalue weighted by molar-refractivity contribution is 8.00. The fourth-order valence-electron chi connectivity index (χ4n) is 1.64. The topological polar surface area (TPSA) is 35.2 Å². The lowest BCUT2D eigenvalue weighted by atomic mass is 10.1. The summed E-state index contributed by atoms with van der Waals surface area (Å²) in [5.74, 6) is 0. The summed E-state index contributed by atoms with van der Waals surface area (Å²) >= 11 is 1.83. The number of aryl methyl sites for hydroxylation is 1. The first-order valence-corrected chi connectivity index (χ1v) is 6.20. The van der Waals surface area contributed by atoms with Crippen molar-refractivity contribution in [1.82, 2.24) is 0 Å². The van der Waals surface area contributed by atoms with Gasteiger partial charge in [0.15, 0.2) is 0 Å². The molecule has 2 rings (SSSR count). The molecule has 0 aliphatic carbocycles. The molecule has 1 heterocycles. The molecule has 1 aliphatic rings. The maximum Gasteiger partial charge on any atom is 0.0603 e. The summed E-state index contributed by atoms with van der Waals surface area (Å²) in [7, 11) is 0. The van der Waals surface area contributed by atoms with Crippen molar-refractivity contribution in [3.8, 4) is 0 Å². The number of thioether (sulfide) groups is 1. The van der Waals surface area contributed by atoms with E-state index < -0.39 is 0 Å². The zero-order valence-electron chi connectivity index (χ0n) is 8.98. The first-order chi connectivity index (χ1) is 7.25. The van der Waals surface area contributed by atoms with Crippen LogP contribution in [0.1, 0.15) is 12.0 Å². The molecule has 0 aromatic heterocycles. The van der Waals surface area contributed by atoms with Crippen molar-refractivity contribution in [3.05, 3.63) is 29.8 Å². The summed E-state index contributed by atoms with van der Waals surface area (Å²) in [6, 6.07) is 8.85. The summed E-state index contributed by atoms with van der Waals surface area (Å²) < 4.78 is 5.45. The summed E-state index contributed by atoms with van der Waals surface area (Å²) in [6.45, 7) is 3.69. The zero-order chi connectivity index (χ0) is 10.7. The molecular weight excluding hydrogens is 206 g/mol. The standard InChI is InChI=1S/C12H17NOS/c1-9-2-4-10(5-3-9)15-12-8-14-7-6-11(12)13/h2-5,11-12H,6-8,13H2,1H3. The Morgan fingerprint density at radius 3 is 2.73 bits per heavy atom. The third kappa shape index (κ3) is 2.97. The van der Waals surface area contributed by atoms with Gasteiger partial charge in [-0.25, -0.2) is 0 Å². The van der Waals surface area contributed by atoms with Gasteiger partial charge in [0.1, 0.15) is 0 Å². The van der Waals surface area contributed by atoms with E-state index in [1.807, 2.05) is 11.8 Å². The van der Waals surface area contributed by atoms with Crippen molar-refractivity contribution in [2.75, 3.05) is 13.2 Å². The van der Waals surface area contributed by atoms with Crippen LogP contribution in [0.3, 0.4) is 0 Å². The van der Waals surface area contributed by atoms with Gasteiger partial charge in [-0.1, -0.05) is 17.7 Å². The smallest absolute Gasteiger partial charge is 0.0603 e. The van der Waals surface area contributed by atoms with Gasteiger partial charge in [-0.15, -0.1) is 11.8 Å². The van der Waals surface area contributed by atoms with Crippen molar-refractivity contribution in [2.24, 2.45) is 5.73 Å². The average Bonchev–Trinajstić information content (AvgIpc) is 2.25. The molecule has 1 fully saturated rings. The van der Waals surface area contributed by atoms with Gasteiger partial charge in [0, 0.05) is 22.8 Å². The van der Waals surface area contributed by atoms with Gasteiger partial charge in [0.25, 0.3) is 0 Å². The normalized spacial score (nSPS) is 26.5. The quantitative estimate of drug-likeness (QED) is 0.835. The third-order valence-electron chi connectivity index (χ3n) is 2.66. The summed E-state index contributed by atoms with van der Waals surface area (Å²) in [5.41, 5.74) is 7.35. The van der Waals surface area contributed by atoms with Gasteiger partial charge in [0.2, 0.25) is 0 Å². The molecule has 82 valence electrons. The Bertz CT molecular complexity index is 312. The molecule has 2 nitrogen and oxygen atoms in total. The molecule has 1 aliphatic heterocycles. The van der Waals surface area contributed by atoms with Crippen LogP contribution in [-0.4, -0.2) is 24.5 Å². The number of nitrogens with two attached hydrogens (primary N) is 1. The second kappa shape index (κ2) is 5.01. The molecule has 15 heavy (non-hydrogen) atoms. The van der Waals surface area contributed by atoms with Gasteiger partial charge in [-0.3, -0.25) is 0 Å². The van der Waals surface area contributed by atoms with E-state index >= 15 is 0 Å². The number of hydrogen-bond donors (Lipinski definition) is 1. The van der Waals surface area contributed by atoms with Crippen LogP contribution < -0.4 is 5.73 Å². The van der Waals surface area contributed by atoms with E-state index in [0.29, 0.717) is 5.25 Å². The molecular formula is C12H17NOS. The second-order valence-corrected chi connectivity index (χ2v) is 5.31. The first-order valence-electron chi connectivity index (χ1n) is 5.32. The Morgan fingerprint density at radius 1 is 1.33 bits per heavy atom. The Balaban J connectivity index is 1.98. The molecule has 1 saturated heterocycles. The molecule has 1 aromatic carbocycles. The lowest BCUT2D eigenvalue weighted by Gasteiger charge is -2.28. The number of rotatable bonds is 2. The molecule has 3 heteroatoms. The van der Waals surface area contributed by atoms with E-state index in [0.717, 1.165) is 19.6 Å². The van der Waals surface area contributed by atoms with E-state index in [2.05, 4.69) is 31.2 Å². The number of ether oxygens (including phenoxy) is 1. The number of benzene rings is 1. The summed E-state index contributed by atoms with van der Waals surface area (Å²) in [6.07, 6.45) is 0.976. The van der Waals surface area contributed by atoms with Crippen molar-refractivity contribution < 1.29 is 4.74 Å².